The van der Waals surface area contributed by atoms with Gasteiger partial charge in [0.25, 0.3) is 0 Å². The molecular formula is C14H21O6P. The SMILES string of the molecule is COP(=O)(OC)Oc1c(OC(C)=O)cccc1C(C)(C)C. The van der Waals surface area contributed by atoms with Gasteiger partial charge in [-0.15, -0.1) is 0 Å². The van der Waals surface area contributed by atoms with Gasteiger partial charge in [-0.05, 0) is 11.5 Å². The van der Waals surface area contributed by atoms with Crippen LogP contribution < -0.4 is 9.26 Å². The Kier molecular flexibility index (Phi) is 5.56. The van der Waals surface area contributed by atoms with Crippen LogP contribution in [0.5, 0.6) is 11.5 Å². The van der Waals surface area contributed by atoms with E-state index in [9.17, 15) is 9.36 Å². The van der Waals surface area contributed by atoms with Crippen LogP contribution in [-0.4, -0.2) is 20.2 Å². The summed E-state index contributed by atoms with van der Waals surface area (Å²) in [5.41, 5.74) is 0.397. The van der Waals surface area contributed by atoms with Crippen LogP contribution in [0.1, 0.15) is 33.3 Å². The van der Waals surface area contributed by atoms with Gasteiger partial charge in [-0.1, -0.05) is 32.9 Å². The molecule has 0 bridgehead atoms. The maximum atomic E-state index is 12.2. The van der Waals surface area contributed by atoms with Crippen molar-refractivity contribution in [2.45, 2.75) is 33.1 Å². The topological polar surface area (TPSA) is 71.1 Å². The molecule has 0 saturated heterocycles. The van der Waals surface area contributed by atoms with Gasteiger partial charge in [-0.25, -0.2) is 4.57 Å². The van der Waals surface area contributed by atoms with E-state index < -0.39 is 13.8 Å². The van der Waals surface area contributed by atoms with Crippen molar-refractivity contribution in [2.75, 3.05) is 14.2 Å². The van der Waals surface area contributed by atoms with Gasteiger partial charge in [0.05, 0.1) is 0 Å². The Bertz CT molecular complexity index is 553. The minimum Gasteiger partial charge on any atom is -0.423 e. The highest BCUT2D eigenvalue weighted by molar-refractivity contribution is 7.48. The van der Waals surface area contributed by atoms with Crippen LogP contribution >= 0.6 is 7.82 Å². The van der Waals surface area contributed by atoms with Crippen LogP contribution in [0, 0.1) is 0 Å². The van der Waals surface area contributed by atoms with Gasteiger partial charge in [0.15, 0.2) is 11.5 Å². The number of hydrogen-bond acceptors (Lipinski definition) is 6. The monoisotopic (exact) mass is 316 g/mol. The average Bonchev–Trinajstić information content (AvgIpc) is 2.38. The molecule has 0 heterocycles. The fourth-order valence-corrected chi connectivity index (χ4v) is 2.41. The zero-order valence-corrected chi connectivity index (χ0v) is 14.0. The van der Waals surface area contributed by atoms with Crippen molar-refractivity contribution < 1.29 is 27.7 Å². The van der Waals surface area contributed by atoms with Crippen molar-refractivity contribution in [1.29, 1.82) is 0 Å². The molecule has 0 atom stereocenters. The van der Waals surface area contributed by atoms with Crippen LogP contribution in [0.3, 0.4) is 0 Å². The van der Waals surface area contributed by atoms with Crippen molar-refractivity contribution in [2.24, 2.45) is 0 Å². The Hall–Kier alpha value is -1.36. The Morgan fingerprint density at radius 1 is 1.14 bits per heavy atom. The highest BCUT2D eigenvalue weighted by atomic mass is 31.2. The molecule has 6 nitrogen and oxygen atoms in total. The number of carbonyl (C=O) groups excluding carboxylic acids is 1. The molecule has 1 aromatic carbocycles. The molecule has 1 aromatic rings. The Balaban J connectivity index is 3.42. The van der Waals surface area contributed by atoms with Crippen molar-refractivity contribution in [3.05, 3.63) is 23.8 Å². The van der Waals surface area contributed by atoms with Gasteiger partial charge in [0, 0.05) is 26.7 Å². The minimum atomic E-state index is -3.76. The van der Waals surface area contributed by atoms with Gasteiger partial charge >= 0.3 is 13.8 Å². The van der Waals surface area contributed by atoms with Crippen LogP contribution in [0.25, 0.3) is 0 Å². The molecule has 7 heteroatoms. The van der Waals surface area contributed by atoms with E-state index in [1.807, 2.05) is 20.8 Å². The number of phosphoric ester groups is 1. The molecule has 0 aromatic heterocycles. The maximum absolute atomic E-state index is 12.2. The summed E-state index contributed by atoms with van der Waals surface area (Å²) in [5, 5.41) is 0. The number of phosphoric acid groups is 1. The smallest absolute Gasteiger partial charge is 0.423 e. The first-order valence-corrected chi connectivity index (χ1v) is 7.82. The molecule has 0 fully saturated rings. The largest absolute Gasteiger partial charge is 0.529 e. The first-order chi connectivity index (χ1) is 9.63. The second kappa shape index (κ2) is 6.60. The third-order valence-corrected chi connectivity index (χ3v) is 3.99. The van der Waals surface area contributed by atoms with E-state index in [1.165, 1.54) is 21.1 Å². The van der Waals surface area contributed by atoms with E-state index in [0.717, 1.165) is 5.56 Å². The van der Waals surface area contributed by atoms with E-state index >= 15 is 0 Å². The number of ether oxygens (including phenoxy) is 1. The van der Waals surface area contributed by atoms with Crippen LogP contribution in [0.15, 0.2) is 18.2 Å². The molecule has 0 saturated carbocycles. The summed E-state index contributed by atoms with van der Waals surface area (Å²) in [4.78, 5) is 11.2. The predicted molar refractivity (Wildman–Crippen MR) is 78.7 cm³/mol. The second-order valence-corrected chi connectivity index (χ2v) is 7.19. The molecule has 0 N–H and O–H groups in total. The average molecular weight is 316 g/mol. The zero-order chi connectivity index (χ0) is 16.3. The van der Waals surface area contributed by atoms with E-state index in [4.69, 9.17) is 18.3 Å². The van der Waals surface area contributed by atoms with Crippen LogP contribution in [0.4, 0.5) is 0 Å². The van der Waals surface area contributed by atoms with Crippen molar-refractivity contribution in [3.8, 4) is 11.5 Å². The second-order valence-electron chi connectivity index (χ2n) is 5.38. The molecule has 0 aliphatic rings. The summed E-state index contributed by atoms with van der Waals surface area (Å²) in [6, 6.07) is 5.09. The third-order valence-electron chi connectivity index (χ3n) is 2.69. The molecule has 0 amide bonds. The summed E-state index contributed by atoms with van der Waals surface area (Å²) in [6.07, 6.45) is 0. The molecule has 21 heavy (non-hydrogen) atoms. The van der Waals surface area contributed by atoms with E-state index in [0.29, 0.717) is 0 Å². The maximum Gasteiger partial charge on any atom is 0.529 e. The molecule has 0 unspecified atom stereocenters. The van der Waals surface area contributed by atoms with E-state index in [2.05, 4.69) is 0 Å². The van der Waals surface area contributed by atoms with Gasteiger partial charge in [-0.3, -0.25) is 13.8 Å². The summed E-state index contributed by atoms with van der Waals surface area (Å²) in [6.45, 7) is 7.14. The molecular weight excluding hydrogens is 295 g/mol. The fourth-order valence-electron chi connectivity index (χ4n) is 1.70. The lowest BCUT2D eigenvalue weighted by Gasteiger charge is -2.25. The summed E-state index contributed by atoms with van der Waals surface area (Å²) in [7, 11) is -1.33. The molecule has 1 rings (SSSR count). The summed E-state index contributed by atoms with van der Waals surface area (Å²) < 4.78 is 32.4. The molecule has 0 radical (unpaired) electrons. The summed E-state index contributed by atoms with van der Waals surface area (Å²) >= 11 is 0. The van der Waals surface area contributed by atoms with E-state index in [1.54, 1.807) is 18.2 Å². The first-order valence-electron chi connectivity index (χ1n) is 6.36. The standard InChI is InChI=1S/C14H21O6P/c1-10(15)19-12-9-7-8-11(14(2,3)4)13(12)20-21(16,17-5)18-6/h7-9H,1-6H3. The third kappa shape index (κ3) is 4.56. The lowest BCUT2D eigenvalue weighted by Crippen LogP contribution is -2.15. The fraction of sp³-hybridized carbons (Fsp3) is 0.500. The lowest BCUT2D eigenvalue weighted by molar-refractivity contribution is -0.132. The minimum absolute atomic E-state index is 0.171. The highest BCUT2D eigenvalue weighted by Gasteiger charge is 2.31. The lowest BCUT2D eigenvalue weighted by atomic mass is 9.86. The van der Waals surface area contributed by atoms with Gasteiger partial charge < -0.3 is 9.26 Å². The zero-order valence-electron chi connectivity index (χ0n) is 13.1. The van der Waals surface area contributed by atoms with Gasteiger partial charge in [-0.2, -0.15) is 0 Å². The normalized spacial score (nSPS) is 12.1. The molecule has 118 valence electrons. The first kappa shape index (κ1) is 17.7. The van der Waals surface area contributed by atoms with Gasteiger partial charge in [0.1, 0.15) is 0 Å². The quantitative estimate of drug-likeness (QED) is 0.469. The number of hydrogen-bond donors (Lipinski definition) is 0. The number of esters is 1. The Labute approximate surface area is 125 Å². The van der Waals surface area contributed by atoms with Crippen LogP contribution in [0.2, 0.25) is 0 Å². The number of rotatable bonds is 5. The highest BCUT2D eigenvalue weighted by Crippen LogP contribution is 2.52. The van der Waals surface area contributed by atoms with Crippen molar-refractivity contribution >= 4 is 13.8 Å². The predicted octanol–water partition coefficient (Wildman–Crippen LogP) is 3.69. The molecule has 0 aliphatic carbocycles. The van der Waals surface area contributed by atoms with Gasteiger partial charge in [0.2, 0.25) is 0 Å². The number of para-hydroxylation sites is 1. The van der Waals surface area contributed by atoms with Crippen molar-refractivity contribution in [1.82, 2.24) is 0 Å². The Morgan fingerprint density at radius 2 is 1.71 bits per heavy atom. The summed E-state index contributed by atoms with van der Waals surface area (Å²) in [5.74, 6) is -0.160. The van der Waals surface area contributed by atoms with Crippen molar-refractivity contribution in [3.63, 3.8) is 0 Å². The number of benzene rings is 1. The molecule has 0 spiro atoms. The van der Waals surface area contributed by atoms with E-state index in [-0.39, 0.29) is 16.9 Å². The van der Waals surface area contributed by atoms with Crippen LogP contribution in [-0.2, 0) is 23.8 Å². The molecule has 0 aliphatic heterocycles. The number of carbonyl (C=O) groups is 1. The Morgan fingerprint density at radius 3 is 2.14 bits per heavy atom.